The Balaban J connectivity index is 1.38. The van der Waals surface area contributed by atoms with Crippen LogP contribution in [0.5, 0.6) is 5.75 Å². The van der Waals surface area contributed by atoms with Crippen molar-refractivity contribution >= 4 is 38.3 Å². The van der Waals surface area contributed by atoms with Gasteiger partial charge in [0.25, 0.3) is 0 Å². The van der Waals surface area contributed by atoms with Gasteiger partial charge in [-0.3, -0.25) is 0 Å². The molecule has 1 aliphatic heterocycles. The predicted octanol–water partition coefficient (Wildman–Crippen LogP) is 3.30. The lowest BCUT2D eigenvalue weighted by Gasteiger charge is -2.33. The SMILES string of the molecule is COc1ccc(S(=O)(=O)N2CCN(c3nc(Cc4ccc(Cl)cc4)ns3)CC2)cc1. The standard InChI is InChI=1S/C20H21ClN4O3S2/c1-28-17-6-8-18(9-7-17)30(26,27)25-12-10-24(11-13-25)20-22-19(23-29-20)14-15-2-4-16(21)5-3-15/h2-9H,10-14H2,1H3. The number of anilines is 1. The van der Waals surface area contributed by atoms with Gasteiger partial charge in [-0.25, -0.2) is 13.4 Å². The summed E-state index contributed by atoms with van der Waals surface area (Å²) in [7, 11) is -1.97. The third-order valence-electron chi connectivity index (χ3n) is 4.94. The Morgan fingerprint density at radius 2 is 1.70 bits per heavy atom. The van der Waals surface area contributed by atoms with Crippen LogP contribution in [0.2, 0.25) is 5.02 Å². The van der Waals surface area contributed by atoms with Crippen molar-refractivity contribution in [3.05, 3.63) is 64.9 Å². The van der Waals surface area contributed by atoms with Gasteiger partial charge in [-0.15, -0.1) is 0 Å². The van der Waals surface area contributed by atoms with E-state index >= 15 is 0 Å². The van der Waals surface area contributed by atoms with Crippen molar-refractivity contribution in [2.45, 2.75) is 11.3 Å². The molecule has 2 heterocycles. The Morgan fingerprint density at radius 3 is 2.33 bits per heavy atom. The third-order valence-corrected chi connectivity index (χ3v) is 7.92. The number of methoxy groups -OCH3 is 1. The average molecular weight is 465 g/mol. The largest absolute Gasteiger partial charge is 0.497 e. The lowest BCUT2D eigenvalue weighted by Crippen LogP contribution is -2.48. The molecule has 0 spiro atoms. The second kappa shape index (κ2) is 8.89. The number of aromatic nitrogens is 2. The summed E-state index contributed by atoms with van der Waals surface area (Å²) in [6.45, 7) is 1.96. The van der Waals surface area contributed by atoms with Crippen LogP contribution in [-0.4, -0.2) is 55.4 Å². The van der Waals surface area contributed by atoms with E-state index in [1.165, 1.54) is 15.8 Å². The van der Waals surface area contributed by atoms with Crippen LogP contribution in [-0.2, 0) is 16.4 Å². The lowest BCUT2D eigenvalue weighted by atomic mass is 10.1. The minimum Gasteiger partial charge on any atom is -0.497 e. The molecule has 2 aromatic carbocycles. The van der Waals surface area contributed by atoms with Crippen molar-refractivity contribution in [2.24, 2.45) is 0 Å². The Hall–Kier alpha value is -2.20. The van der Waals surface area contributed by atoms with E-state index in [2.05, 4.69) is 14.3 Å². The Morgan fingerprint density at radius 1 is 1.03 bits per heavy atom. The minimum atomic E-state index is -3.52. The molecule has 10 heteroatoms. The molecule has 0 N–H and O–H groups in total. The van der Waals surface area contributed by atoms with Crippen molar-refractivity contribution in [1.29, 1.82) is 0 Å². The molecule has 0 radical (unpaired) electrons. The van der Waals surface area contributed by atoms with Gasteiger partial charge in [0, 0.05) is 49.2 Å². The van der Waals surface area contributed by atoms with E-state index in [0.717, 1.165) is 16.5 Å². The molecule has 30 heavy (non-hydrogen) atoms. The zero-order valence-electron chi connectivity index (χ0n) is 16.4. The number of sulfonamides is 1. The molecule has 1 aromatic heterocycles. The molecule has 1 fully saturated rings. The van der Waals surface area contributed by atoms with Crippen molar-refractivity contribution in [3.63, 3.8) is 0 Å². The fraction of sp³-hybridized carbons (Fsp3) is 0.300. The monoisotopic (exact) mass is 464 g/mol. The molecule has 1 aliphatic rings. The van der Waals surface area contributed by atoms with Crippen molar-refractivity contribution in [1.82, 2.24) is 13.7 Å². The van der Waals surface area contributed by atoms with E-state index < -0.39 is 10.0 Å². The molecule has 1 saturated heterocycles. The van der Waals surface area contributed by atoms with Crippen LogP contribution < -0.4 is 9.64 Å². The molecule has 0 amide bonds. The van der Waals surface area contributed by atoms with E-state index in [0.29, 0.717) is 43.4 Å². The smallest absolute Gasteiger partial charge is 0.243 e. The number of nitrogens with zero attached hydrogens (tertiary/aromatic N) is 4. The summed E-state index contributed by atoms with van der Waals surface area (Å²) in [5, 5.41) is 1.52. The zero-order chi connectivity index (χ0) is 21.1. The Kier molecular flexibility index (Phi) is 6.24. The van der Waals surface area contributed by atoms with Gasteiger partial charge in [-0.1, -0.05) is 23.7 Å². The Bertz CT molecular complexity index is 1090. The first-order chi connectivity index (χ1) is 14.5. The summed E-state index contributed by atoms with van der Waals surface area (Å²) in [4.78, 5) is 7.00. The number of piperazine rings is 1. The van der Waals surface area contributed by atoms with Crippen LogP contribution in [0.4, 0.5) is 5.13 Å². The van der Waals surface area contributed by atoms with Gasteiger partial charge < -0.3 is 9.64 Å². The molecular formula is C20H21ClN4O3S2. The molecule has 4 rings (SSSR count). The van der Waals surface area contributed by atoms with E-state index in [4.69, 9.17) is 16.3 Å². The molecule has 0 saturated carbocycles. The van der Waals surface area contributed by atoms with Gasteiger partial charge in [0.15, 0.2) is 0 Å². The normalized spacial score (nSPS) is 15.3. The topological polar surface area (TPSA) is 75.6 Å². The highest BCUT2D eigenvalue weighted by Gasteiger charge is 2.29. The average Bonchev–Trinajstić information content (AvgIpc) is 3.24. The highest BCUT2D eigenvalue weighted by Crippen LogP contribution is 2.24. The third kappa shape index (κ3) is 4.59. The van der Waals surface area contributed by atoms with Crippen LogP contribution in [0.15, 0.2) is 53.4 Å². The van der Waals surface area contributed by atoms with Crippen molar-refractivity contribution < 1.29 is 13.2 Å². The van der Waals surface area contributed by atoms with Gasteiger partial charge in [-0.05, 0) is 42.0 Å². The highest BCUT2D eigenvalue weighted by atomic mass is 35.5. The summed E-state index contributed by atoms with van der Waals surface area (Å²) < 4.78 is 36.9. The quantitative estimate of drug-likeness (QED) is 0.557. The molecule has 3 aromatic rings. The molecule has 0 bridgehead atoms. The lowest BCUT2D eigenvalue weighted by molar-refractivity contribution is 0.384. The van der Waals surface area contributed by atoms with E-state index in [1.54, 1.807) is 31.4 Å². The highest BCUT2D eigenvalue weighted by molar-refractivity contribution is 7.89. The fourth-order valence-electron chi connectivity index (χ4n) is 3.25. The van der Waals surface area contributed by atoms with Gasteiger partial charge in [0.1, 0.15) is 11.6 Å². The first kappa shape index (κ1) is 21.0. The summed E-state index contributed by atoms with van der Waals surface area (Å²) in [6.07, 6.45) is 0.638. The molecule has 0 aliphatic carbocycles. The molecular weight excluding hydrogens is 444 g/mol. The van der Waals surface area contributed by atoms with Gasteiger partial charge in [0.05, 0.1) is 12.0 Å². The Labute approximate surface area is 185 Å². The van der Waals surface area contributed by atoms with Crippen LogP contribution in [0, 0.1) is 0 Å². The van der Waals surface area contributed by atoms with Crippen LogP contribution in [0.1, 0.15) is 11.4 Å². The van der Waals surface area contributed by atoms with Crippen molar-refractivity contribution in [3.8, 4) is 5.75 Å². The van der Waals surface area contributed by atoms with Crippen molar-refractivity contribution in [2.75, 3.05) is 38.2 Å². The number of ether oxygens (including phenoxy) is 1. The molecule has 0 unspecified atom stereocenters. The van der Waals surface area contributed by atoms with Gasteiger partial charge in [0.2, 0.25) is 15.2 Å². The summed E-state index contributed by atoms with van der Waals surface area (Å²) in [6, 6.07) is 14.1. The van der Waals surface area contributed by atoms with Crippen LogP contribution in [0.25, 0.3) is 0 Å². The number of hydrogen-bond donors (Lipinski definition) is 0. The van der Waals surface area contributed by atoms with Crippen LogP contribution in [0.3, 0.4) is 0 Å². The predicted molar refractivity (Wildman–Crippen MR) is 118 cm³/mol. The maximum absolute atomic E-state index is 12.9. The maximum atomic E-state index is 12.9. The molecule has 7 nitrogen and oxygen atoms in total. The first-order valence-corrected chi connectivity index (χ1v) is 12.0. The van der Waals surface area contributed by atoms with E-state index in [-0.39, 0.29) is 4.90 Å². The number of hydrogen-bond acceptors (Lipinski definition) is 7. The van der Waals surface area contributed by atoms with E-state index in [1.807, 2.05) is 24.3 Å². The summed E-state index contributed by atoms with van der Waals surface area (Å²) >= 11 is 7.27. The maximum Gasteiger partial charge on any atom is 0.243 e. The molecule has 0 atom stereocenters. The van der Waals surface area contributed by atoms with Crippen LogP contribution >= 0.6 is 23.1 Å². The number of benzene rings is 2. The second-order valence-corrected chi connectivity index (χ2v) is 9.97. The second-order valence-electron chi connectivity index (χ2n) is 6.86. The number of rotatable bonds is 6. The zero-order valence-corrected chi connectivity index (χ0v) is 18.8. The summed E-state index contributed by atoms with van der Waals surface area (Å²) in [5.74, 6) is 1.38. The number of halogens is 1. The first-order valence-electron chi connectivity index (χ1n) is 9.42. The van der Waals surface area contributed by atoms with Gasteiger partial charge >= 0.3 is 0 Å². The van der Waals surface area contributed by atoms with Gasteiger partial charge in [-0.2, -0.15) is 8.68 Å². The summed E-state index contributed by atoms with van der Waals surface area (Å²) in [5.41, 5.74) is 1.10. The molecule has 158 valence electrons. The fourth-order valence-corrected chi connectivity index (χ4v) is 5.53. The van der Waals surface area contributed by atoms with E-state index in [9.17, 15) is 8.42 Å². The minimum absolute atomic E-state index is 0.276.